The molecule has 0 saturated heterocycles. The van der Waals surface area contributed by atoms with Crippen LogP contribution in [-0.2, 0) is 0 Å². The second-order valence-corrected chi connectivity index (χ2v) is 3.02. The molecule has 10 heavy (non-hydrogen) atoms. The summed E-state index contributed by atoms with van der Waals surface area (Å²) in [5.41, 5.74) is 0. The van der Waals surface area contributed by atoms with Crippen LogP contribution in [0.4, 0.5) is 0 Å². The molecule has 0 unspecified atom stereocenters. The van der Waals surface area contributed by atoms with Crippen LogP contribution in [0.25, 0.3) is 0 Å². The van der Waals surface area contributed by atoms with Crippen molar-refractivity contribution < 1.29 is 0 Å². The van der Waals surface area contributed by atoms with Gasteiger partial charge in [-0.15, -0.1) is 12.3 Å². The van der Waals surface area contributed by atoms with Gasteiger partial charge in [-0.25, -0.2) is 0 Å². The molecular formula is C9H15N. The number of nitrogens with zero attached hydrogens (tertiary/aromatic N) is 1. The first-order valence-corrected chi connectivity index (χ1v) is 3.98. The van der Waals surface area contributed by atoms with Crippen LogP contribution in [-0.4, -0.2) is 24.5 Å². The van der Waals surface area contributed by atoms with Crippen LogP contribution < -0.4 is 0 Å². The minimum atomic E-state index is 0.887. The summed E-state index contributed by atoms with van der Waals surface area (Å²) in [4.78, 5) is 2.41. The van der Waals surface area contributed by atoms with E-state index in [-0.39, 0.29) is 0 Å². The van der Waals surface area contributed by atoms with Crippen molar-refractivity contribution in [2.24, 2.45) is 0 Å². The van der Waals surface area contributed by atoms with Gasteiger partial charge in [0, 0.05) is 12.5 Å². The lowest BCUT2D eigenvalue weighted by Crippen LogP contribution is -2.21. The molecule has 1 rings (SSSR count). The molecule has 56 valence electrons. The number of rotatable bonds is 4. The molecule has 0 bridgehead atoms. The quantitative estimate of drug-likeness (QED) is 0.419. The van der Waals surface area contributed by atoms with Gasteiger partial charge in [0.25, 0.3) is 0 Å². The van der Waals surface area contributed by atoms with E-state index >= 15 is 0 Å². The number of hydrogen-bond acceptors (Lipinski definition) is 1. The first-order valence-electron chi connectivity index (χ1n) is 3.98. The van der Waals surface area contributed by atoms with Crippen molar-refractivity contribution in [3.05, 3.63) is 0 Å². The Labute approximate surface area is 63.4 Å². The normalized spacial score (nSPS) is 17.3. The topological polar surface area (TPSA) is 3.24 Å². The van der Waals surface area contributed by atoms with E-state index in [4.69, 9.17) is 6.42 Å². The summed E-state index contributed by atoms with van der Waals surface area (Å²) in [6.45, 7) is 1.18. The van der Waals surface area contributed by atoms with E-state index in [9.17, 15) is 0 Å². The van der Waals surface area contributed by atoms with Gasteiger partial charge in [0.05, 0.1) is 0 Å². The second-order valence-electron chi connectivity index (χ2n) is 3.02. The summed E-state index contributed by atoms with van der Waals surface area (Å²) in [6.07, 6.45) is 10.0. The van der Waals surface area contributed by atoms with Gasteiger partial charge in [-0.1, -0.05) is 0 Å². The molecule has 0 atom stereocenters. The standard InChI is InChI=1S/C9H15N/c1-3-4-5-8-10(2)9-6-7-9/h1,9H,4-8H2,2H3. The zero-order valence-electron chi connectivity index (χ0n) is 6.64. The van der Waals surface area contributed by atoms with E-state index in [1.54, 1.807) is 0 Å². The average Bonchev–Trinajstić information content (AvgIpc) is 2.69. The first-order chi connectivity index (χ1) is 4.84. The molecule has 0 spiro atoms. The summed E-state index contributed by atoms with van der Waals surface area (Å²) in [5.74, 6) is 2.66. The molecule has 0 radical (unpaired) electrons. The number of hydrogen-bond donors (Lipinski definition) is 0. The SMILES string of the molecule is C#CCCCN(C)C1CC1. The zero-order chi connectivity index (χ0) is 7.40. The predicted octanol–water partition coefficient (Wildman–Crippen LogP) is 1.49. The van der Waals surface area contributed by atoms with Gasteiger partial charge in [-0.05, 0) is 32.9 Å². The monoisotopic (exact) mass is 137 g/mol. The lowest BCUT2D eigenvalue weighted by atomic mass is 10.3. The highest BCUT2D eigenvalue weighted by atomic mass is 15.1. The van der Waals surface area contributed by atoms with Crippen LogP contribution in [0.5, 0.6) is 0 Å². The third-order valence-electron chi connectivity index (χ3n) is 2.00. The highest BCUT2D eigenvalue weighted by molar-refractivity contribution is 4.86. The Hall–Kier alpha value is -0.480. The van der Waals surface area contributed by atoms with Crippen molar-refractivity contribution >= 4 is 0 Å². The highest BCUT2D eigenvalue weighted by Gasteiger charge is 2.24. The fourth-order valence-corrected chi connectivity index (χ4v) is 1.13. The Bertz CT molecular complexity index is 130. The summed E-state index contributed by atoms with van der Waals surface area (Å²) in [7, 11) is 2.19. The Morgan fingerprint density at radius 1 is 1.60 bits per heavy atom. The van der Waals surface area contributed by atoms with Crippen LogP contribution >= 0.6 is 0 Å². The molecule has 1 aliphatic rings. The van der Waals surface area contributed by atoms with Crippen molar-refractivity contribution in [2.45, 2.75) is 31.7 Å². The van der Waals surface area contributed by atoms with Crippen LogP contribution in [0.2, 0.25) is 0 Å². The molecule has 0 aliphatic heterocycles. The molecule has 1 heteroatoms. The van der Waals surface area contributed by atoms with Gasteiger partial charge in [-0.2, -0.15) is 0 Å². The zero-order valence-corrected chi connectivity index (χ0v) is 6.64. The van der Waals surface area contributed by atoms with Crippen molar-refractivity contribution in [3.63, 3.8) is 0 Å². The molecule has 0 N–H and O–H groups in total. The van der Waals surface area contributed by atoms with Gasteiger partial charge in [0.1, 0.15) is 0 Å². The number of unbranched alkanes of at least 4 members (excludes halogenated alkanes) is 1. The minimum absolute atomic E-state index is 0.887. The maximum Gasteiger partial charge on any atom is 0.00982 e. The van der Waals surface area contributed by atoms with Crippen molar-refractivity contribution in [3.8, 4) is 12.3 Å². The molecule has 1 aliphatic carbocycles. The molecule has 0 aromatic heterocycles. The molecule has 1 nitrogen and oxygen atoms in total. The molecule has 0 aromatic carbocycles. The average molecular weight is 137 g/mol. The Morgan fingerprint density at radius 2 is 2.30 bits per heavy atom. The molecular weight excluding hydrogens is 122 g/mol. The van der Waals surface area contributed by atoms with E-state index in [2.05, 4.69) is 17.9 Å². The van der Waals surface area contributed by atoms with Crippen LogP contribution in [0.1, 0.15) is 25.7 Å². The van der Waals surface area contributed by atoms with E-state index in [1.165, 1.54) is 19.4 Å². The fraction of sp³-hybridized carbons (Fsp3) is 0.778. The minimum Gasteiger partial charge on any atom is -0.303 e. The Kier molecular flexibility index (Phi) is 2.77. The van der Waals surface area contributed by atoms with Gasteiger partial charge in [0.2, 0.25) is 0 Å². The smallest absolute Gasteiger partial charge is 0.00982 e. The van der Waals surface area contributed by atoms with Crippen LogP contribution in [0, 0.1) is 12.3 Å². The van der Waals surface area contributed by atoms with Gasteiger partial charge < -0.3 is 4.90 Å². The Morgan fingerprint density at radius 3 is 2.80 bits per heavy atom. The van der Waals surface area contributed by atoms with E-state index in [0.717, 1.165) is 18.9 Å². The first kappa shape index (κ1) is 7.63. The number of terminal acetylenes is 1. The Balaban J connectivity index is 1.96. The van der Waals surface area contributed by atoms with Crippen LogP contribution in [0.3, 0.4) is 0 Å². The third kappa shape index (κ3) is 2.41. The van der Waals surface area contributed by atoms with Crippen LogP contribution in [0.15, 0.2) is 0 Å². The predicted molar refractivity (Wildman–Crippen MR) is 43.7 cm³/mol. The summed E-state index contributed by atoms with van der Waals surface area (Å²) < 4.78 is 0. The molecule has 0 aromatic rings. The third-order valence-corrected chi connectivity index (χ3v) is 2.00. The molecule has 0 amide bonds. The summed E-state index contributed by atoms with van der Waals surface area (Å²) >= 11 is 0. The fourth-order valence-electron chi connectivity index (χ4n) is 1.13. The maximum absolute atomic E-state index is 5.14. The largest absolute Gasteiger partial charge is 0.303 e. The molecule has 0 heterocycles. The van der Waals surface area contributed by atoms with Gasteiger partial charge >= 0.3 is 0 Å². The van der Waals surface area contributed by atoms with E-state index < -0.39 is 0 Å². The van der Waals surface area contributed by atoms with Crippen molar-refractivity contribution in [1.29, 1.82) is 0 Å². The lowest BCUT2D eigenvalue weighted by Gasteiger charge is -2.13. The van der Waals surface area contributed by atoms with Crippen molar-refractivity contribution in [2.75, 3.05) is 13.6 Å². The second kappa shape index (κ2) is 3.63. The highest BCUT2D eigenvalue weighted by Crippen LogP contribution is 2.25. The van der Waals surface area contributed by atoms with E-state index in [1.807, 2.05) is 0 Å². The van der Waals surface area contributed by atoms with E-state index in [0.29, 0.717) is 0 Å². The van der Waals surface area contributed by atoms with Gasteiger partial charge in [-0.3, -0.25) is 0 Å². The lowest BCUT2D eigenvalue weighted by molar-refractivity contribution is 0.321. The van der Waals surface area contributed by atoms with Gasteiger partial charge in [0.15, 0.2) is 0 Å². The van der Waals surface area contributed by atoms with Crippen molar-refractivity contribution in [1.82, 2.24) is 4.90 Å². The maximum atomic E-state index is 5.14. The summed E-state index contributed by atoms with van der Waals surface area (Å²) in [6, 6.07) is 0.887. The molecule has 1 saturated carbocycles. The summed E-state index contributed by atoms with van der Waals surface area (Å²) in [5, 5.41) is 0. The molecule has 1 fully saturated rings.